The molecule has 5 heteroatoms. The fourth-order valence-electron chi connectivity index (χ4n) is 0.949. The Morgan fingerprint density at radius 3 is 2.60 bits per heavy atom. The van der Waals surface area contributed by atoms with Crippen molar-refractivity contribution in [2.75, 3.05) is 26.3 Å². The zero-order valence-corrected chi connectivity index (χ0v) is 9.03. The van der Waals surface area contributed by atoms with Crippen molar-refractivity contribution in [2.45, 2.75) is 19.4 Å². The summed E-state index contributed by atoms with van der Waals surface area (Å²) in [6, 6.07) is 0. The molecule has 1 saturated heterocycles. The van der Waals surface area contributed by atoms with Crippen LogP contribution in [0.15, 0.2) is 12.2 Å². The highest BCUT2D eigenvalue weighted by molar-refractivity contribution is 5.84. The molecule has 15 heavy (non-hydrogen) atoms. The lowest BCUT2D eigenvalue weighted by atomic mass is 10.2. The lowest BCUT2D eigenvalue weighted by Gasteiger charge is -2.22. The van der Waals surface area contributed by atoms with E-state index in [9.17, 15) is 4.79 Å². The van der Waals surface area contributed by atoms with E-state index in [0.717, 1.165) is 26.1 Å². The summed E-state index contributed by atoms with van der Waals surface area (Å²) in [7, 11) is 0. The summed E-state index contributed by atoms with van der Waals surface area (Å²) in [5, 5.41) is 19.6. The van der Waals surface area contributed by atoms with Crippen molar-refractivity contribution in [1.82, 2.24) is 5.32 Å². The van der Waals surface area contributed by atoms with E-state index in [1.807, 2.05) is 0 Å². The number of morpholine rings is 1. The van der Waals surface area contributed by atoms with Crippen LogP contribution in [-0.2, 0) is 9.53 Å². The molecule has 1 rings (SSSR count). The fourth-order valence-corrected chi connectivity index (χ4v) is 0.949. The van der Waals surface area contributed by atoms with E-state index >= 15 is 0 Å². The number of rotatable bonds is 3. The van der Waals surface area contributed by atoms with Crippen molar-refractivity contribution in [3.05, 3.63) is 12.2 Å². The molecule has 0 spiro atoms. The van der Waals surface area contributed by atoms with Crippen molar-refractivity contribution in [3.8, 4) is 0 Å². The van der Waals surface area contributed by atoms with Crippen LogP contribution in [0.1, 0.15) is 13.3 Å². The first-order valence-electron chi connectivity index (χ1n) is 4.90. The van der Waals surface area contributed by atoms with Crippen molar-refractivity contribution in [2.24, 2.45) is 0 Å². The SMILES string of the molecule is C=C(C)C(=O)O.OCCC1CNCCO1. The average Bonchev–Trinajstić information content (AvgIpc) is 2.20. The molecule has 0 amide bonds. The van der Waals surface area contributed by atoms with Crippen LogP contribution in [0.3, 0.4) is 0 Å². The topological polar surface area (TPSA) is 78.8 Å². The summed E-state index contributed by atoms with van der Waals surface area (Å²) in [6.45, 7) is 7.45. The number of aliphatic hydroxyl groups excluding tert-OH is 1. The molecular formula is C10H19NO4. The Bertz CT molecular complexity index is 185. The van der Waals surface area contributed by atoms with Crippen molar-refractivity contribution in [3.63, 3.8) is 0 Å². The third kappa shape index (κ3) is 8.11. The molecule has 1 aliphatic heterocycles. The zero-order valence-electron chi connectivity index (χ0n) is 9.03. The minimum absolute atomic E-state index is 0.176. The second kappa shape index (κ2) is 8.40. The number of carboxylic acids is 1. The standard InChI is InChI=1S/C6H13NO2.C4H6O2/c8-3-1-6-5-7-2-4-9-6;1-3(2)4(5)6/h6-8H,1-5H2;1H2,2H3,(H,5,6). The van der Waals surface area contributed by atoms with Gasteiger partial charge in [-0.25, -0.2) is 4.79 Å². The number of nitrogens with one attached hydrogen (secondary N) is 1. The minimum Gasteiger partial charge on any atom is -0.478 e. The van der Waals surface area contributed by atoms with E-state index in [0.29, 0.717) is 0 Å². The van der Waals surface area contributed by atoms with Gasteiger partial charge in [0.25, 0.3) is 0 Å². The van der Waals surface area contributed by atoms with Crippen molar-refractivity contribution >= 4 is 5.97 Å². The van der Waals surface area contributed by atoms with E-state index in [4.69, 9.17) is 14.9 Å². The predicted molar refractivity (Wildman–Crippen MR) is 56.8 cm³/mol. The normalized spacial score (nSPS) is 20.0. The zero-order chi connectivity index (χ0) is 11.7. The molecule has 1 aliphatic rings. The minimum atomic E-state index is -0.935. The summed E-state index contributed by atoms with van der Waals surface area (Å²) in [5.74, 6) is -0.935. The van der Waals surface area contributed by atoms with Gasteiger partial charge in [-0.3, -0.25) is 0 Å². The fraction of sp³-hybridized carbons (Fsp3) is 0.700. The number of hydrogen-bond acceptors (Lipinski definition) is 4. The second-order valence-corrected chi connectivity index (χ2v) is 3.29. The van der Waals surface area contributed by atoms with Crippen LogP contribution in [-0.4, -0.2) is 48.6 Å². The van der Waals surface area contributed by atoms with Gasteiger partial charge in [-0.15, -0.1) is 0 Å². The van der Waals surface area contributed by atoms with Gasteiger partial charge in [0, 0.05) is 25.3 Å². The highest BCUT2D eigenvalue weighted by atomic mass is 16.5. The monoisotopic (exact) mass is 217 g/mol. The molecule has 88 valence electrons. The first-order chi connectivity index (χ1) is 7.07. The molecule has 5 nitrogen and oxygen atoms in total. The molecule has 0 bridgehead atoms. The Morgan fingerprint density at radius 2 is 2.27 bits per heavy atom. The van der Waals surface area contributed by atoms with Crippen LogP contribution < -0.4 is 5.32 Å². The smallest absolute Gasteiger partial charge is 0.330 e. The van der Waals surface area contributed by atoms with E-state index in [1.165, 1.54) is 6.92 Å². The van der Waals surface area contributed by atoms with Gasteiger partial charge in [-0.1, -0.05) is 6.58 Å². The summed E-state index contributed by atoms with van der Waals surface area (Å²) < 4.78 is 5.30. The Hall–Kier alpha value is -0.910. The lowest BCUT2D eigenvalue weighted by Crippen LogP contribution is -2.38. The maximum atomic E-state index is 9.60. The number of hydrogen-bond donors (Lipinski definition) is 3. The van der Waals surface area contributed by atoms with Crippen LogP contribution in [0, 0.1) is 0 Å². The third-order valence-corrected chi connectivity index (χ3v) is 1.82. The predicted octanol–water partition coefficient (Wildman–Crippen LogP) is 0.00430. The van der Waals surface area contributed by atoms with Crippen LogP contribution >= 0.6 is 0 Å². The van der Waals surface area contributed by atoms with Gasteiger partial charge in [0.2, 0.25) is 0 Å². The summed E-state index contributed by atoms with van der Waals surface area (Å²) in [4.78, 5) is 9.60. The largest absolute Gasteiger partial charge is 0.478 e. The Kier molecular flexibility index (Phi) is 7.89. The van der Waals surface area contributed by atoms with Crippen molar-refractivity contribution < 1.29 is 19.7 Å². The number of carboxylic acid groups (broad SMARTS) is 1. The van der Waals surface area contributed by atoms with E-state index in [2.05, 4.69) is 11.9 Å². The number of aliphatic hydroxyl groups is 1. The highest BCUT2D eigenvalue weighted by Gasteiger charge is 2.11. The number of ether oxygens (including phenoxy) is 1. The van der Waals surface area contributed by atoms with Crippen LogP contribution in [0.5, 0.6) is 0 Å². The van der Waals surface area contributed by atoms with E-state index < -0.39 is 5.97 Å². The Morgan fingerprint density at radius 1 is 1.67 bits per heavy atom. The van der Waals surface area contributed by atoms with Gasteiger partial charge in [0.1, 0.15) is 0 Å². The van der Waals surface area contributed by atoms with Gasteiger partial charge in [-0.05, 0) is 13.3 Å². The Balaban J connectivity index is 0.000000288. The van der Waals surface area contributed by atoms with Gasteiger partial charge in [0.05, 0.1) is 12.7 Å². The molecule has 1 atom stereocenters. The summed E-state index contributed by atoms with van der Waals surface area (Å²) in [6.07, 6.45) is 0.997. The average molecular weight is 217 g/mol. The van der Waals surface area contributed by atoms with E-state index in [1.54, 1.807) is 0 Å². The molecule has 0 aromatic carbocycles. The number of aliphatic carboxylic acids is 1. The van der Waals surface area contributed by atoms with Crippen LogP contribution in [0.4, 0.5) is 0 Å². The molecule has 1 unspecified atom stereocenters. The molecule has 0 aromatic rings. The first kappa shape index (κ1) is 14.1. The summed E-state index contributed by atoms with van der Waals surface area (Å²) >= 11 is 0. The van der Waals surface area contributed by atoms with Crippen LogP contribution in [0.2, 0.25) is 0 Å². The van der Waals surface area contributed by atoms with Gasteiger partial charge < -0.3 is 20.3 Å². The van der Waals surface area contributed by atoms with Gasteiger partial charge in [-0.2, -0.15) is 0 Å². The molecule has 3 N–H and O–H groups in total. The molecular weight excluding hydrogens is 198 g/mol. The maximum Gasteiger partial charge on any atom is 0.330 e. The van der Waals surface area contributed by atoms with Gasteiger partial charge >= 0.3 is 5.97 Å². The lowest BCUT2D eigenvalue weighted by molar-refractivity contribution is -0.132. The number of carbonyl (C=O) groups is 1. The van der Waals surface area contributed by atoms with Gasteiger partial charge in [0.15, 0.2) is 0 Å². The second-order valence-electron chi connectivity index (χ2n) is 3.29. The molecule has 0 aromatic heterocycles. The Labute approximate surface area is 89.7 Å². The quantitative estimate of drug-likeness (QED) is 0.580. The molecule has 0 aliphatic carbocycles. The van der Waals surface area contributed by atoms with Crippen LogP contribution in [0.25, 0.3) is 0 Å². The summed E-state index contributed by atoms with van der Waals surface area (Å²) in [5.41, 5.74) is 0.176. The molecule has 0 saturated carbocycles. The first-order valence-corrected chi connectivity index (χ1v) is 4.90. The maximum absolute atomic E-state index is 9.60. The molecule has 1 heterocycles. The highest BCUT2D eigenvalue weighted by Crippen LogP contribution is 1.98. The molecule has 1 fully saturated rings. The van der Waals surface area contributed by atoms with E-state index in [-0.39, 0.29) is 18.3 Å². The third-order valence-electron chi connectivity index (χ3n) is 1.82. The molecule has 0 radical (unpaired) electrons. The van der Waals surface area contributed by atoms with Crippen molar-refractivity contribution in [1.29, 1.82) is 0 Å².